The number of phenolic OH excluding ortho intramolecular Hbond substituents is 1. The Kier molecular flexibility index (Phi) is 24.6. The minimum atomic E-state index is -4.02. The summed E-state index contributed by atoms with van der Waals surface area (Å²) < 4.78 is 35.4. The summed E-state index contributed by atoms with van der Waals surface area (Å²) in [5, 5.41) is 24.3. The van der Waals surface area contributed by atoms with Gasteiger partial charge in [-0.2, -0.15) is 8.42 Å². The molecule has 21 nitrogen and oxygen atoms in total. The summed E-state index contributed by atoms with van der Waals surface area (Å²) in [6.45, 7) is 8.83. The number of amides is 7. The van der Waals surface area contributed by atoms with E-state index in [1.807, 2.05) is 67.6 Å². The normalized spacial score (nSPS) is 21.6. The van der Waals surface area contributed by atoms with Gasteiger partial charge in [-0.1, -0.05) is 112 Å². The van der Waals surface area contributed by atoms with Crippen molar-refractivity contribution in [3.05, 3.63) is 138 Å². The summed E-state index contributed by atoms with van der Waals surface area (Å²) in [4.78, 5) is 103. The van der Waals surface area contributed by atoms with Crippen molar-refractivity contribution >= 4 is 51.5 Å². The van der Waals surface area contributed by atoms with E-state index in [4.69, 9.17) is 20.8 Å². The van der Waals surface area contributed by atoms with E-state index in [0.29, 0.717) is 37.9 Å². The van der Waals surface area contributed by atoms with Crippen LogP contribution in [-0.4, -0.2) is 144 Å². The SMILES string of the molecule is CCCCCOc1ccc(-c2ccc(-c3ccc(C(=O)N[C@H]4CCCNC(=O)[C@@H]5C[C@H](N)CN5C(=O)[C@H](CCCN)NC(=O)[C@H](CCc5ccc(O)cc5)NC(=O)[C@@H]5CCCN5C(=O)[C@H](C(C)C)NC4=O)cc3)cc2)cc1.Cc1ccc(S(=O)(=O)O)cc1. The summed E-state index contributed by atoms with van der Waals surface area (Å²) in [5.74, 6) is -3.38. The largest absolute Gasteiger partial charge is 0.508 e. The summed E-state index contributed by atoms with van der Waals surface area (Å²) in [7, 11) is -4.02. The van der Waals surface area contributed by atoms with Gasteiger partial charge in [0.15, 0.2) is 0 Å². The second-order valence-corrected chi connectivity index (χ2v) is 24.6. The second-order valence-electron chi connectivity index (χ2n) is 23.2. The second kappa shape index (κ2) is 32.2. The highest BCUT2D eigenvalue weighted by Gasteiger charge is 2.43. The van der Waals surface area contributed by atoms with Crippen LogP contribution >= 0.6 is 0 Å². The lowest BCUT2D eigenvalue weighted by molar-refractivity contribution is -0.143. The lowest BCUT2D eigenvalue weighted by atomic mass is 9.99. The van der Waals surface area contributed by atoms with Gasteiger partial charge in [0.25, 0.3) is 16.0 Å². The molecule has 3 aliphatic rings. The zero-order valence-electron chi connectivity index (χ0n) is 50.6. The van der Waals surface area contributed by atoms with Crippen molar-refractivity contribution in [2.75, 3.05) is 32.8 Å². The Bertz CT molecular complexity index is 3280. The van der Waals surface area contributed by atoms with Crippen LogP contribution < -0.4 is 42.8 Å². The first-order valence-corrected chi connectivity index (χ1v) is 31.9. The summed E-state index contributed by atoms with van der Waals surface area (Å²) in [6.07, 6.45) is 5.46. The Morgan fingerprint density at radius 1 is 0.693 bits per heavy atom. The van der Waals surface area contributed by atoms with Crippen LogP contribution in [0.4, 0.5) is 0 Å². The van der Waals surface area contributed by atoms with Gasteiger partial charge < -0.3 is 57.7 Å². The third-order valence-corrected chi connectivity index (χ3v) is 16.9. The highest BCUT2D eigenvalue weighted by Crippen LogP contribution is 2.28. The van der Waals surface area contributed by atoms with E-state index in [1.165, 1.54) is 34.1 Å². The van der Waals surface area contributed by atoms with E-state index in [9.17, 15) is 47.1 Å². The van der Waals surface area contributed by atoms with E-state index in [1.54, 1.807) is 50.2 Å². The Hall–Kier alpha value is -8.18. The molecule has 0 aliphatic carbocycles. The lowest BCUT2D eigenvalue weighted by Crippen LogP contribution is -2.60. The lowest BCUT2D eigenvalue weighted by Gasteiger charge is -2.32. The van der Waals surface area contributed by atoms with Crippen molar-refractivity contribution in [1.82, 2.24) is 36.4 Å². The van der Waals surface area contributed by atoms with Crippen LogP contribution in [0.1, 0.15) is 113 Å². The molecule has 7 amide bonds. The fourth-order valence-corrected chi connectivity index (χ4v) is 11.5. The number of fused-ring (bicyclic) bond motifs is 2. The standard InChI is InChI=1S/C59H77N9O9.C7H8O3S/c1-4-5-6-34-77-46-28-24-42(25-29-46)40-18-16-39(17-19-40)41-20-22-43(23-21-41)53(70)63-47-11-8-32-62-56(73)51-35-44(61)36-68(51)58(75)49(10-7-31-60)65-54(71)48(30-15-38-13-26-45(69)27-14-38)64-57(74)50-12-9-33-67(50)59(76)52(37(2)3)66-55(47)72;1-6-2-4-7(5-3-6)11(8,9)10/h13-14,16-29,37,44,47-52,69H,4-12,15,30-36,60-61H2,1-3H3,(H,62,73)(H,63,70)(H,64,74)(H,65,71)(H,66,72);2-5H,1H3,(H,8,9,10)/t44-,47-,48-,49-,50-,51-,52-;/m0./s1. The van der Waals surface area contributed by atoms with Crippen LogP contribution in [0.3, 0.4) is 0 Å². The number of unbranched alkanes of at least 4 members (excludes halogenated alkanes) is 2. The van der Waals surface area contributed by atoms with Crippen LogP contribution in [0.15, 0.2) is 126 Å². The summed E-state index contributed by atoms with van der Waals surface area (Å²) in [5.41, 5.74) is 18.2. The zero-order valence-corrected chi connectivity index (χ0v) is 51.4. The number of carbonyl (C=O) groups is 7. The number of hydrogen-bond acceptors (Lipinski definition) is 13. The smallest absolute Gasteiger partial charge is 0.294 e. The van der Waals surface area contributed by atoms with Gasteiger partial charge in [0.1, 0.15) is 47.8 Å². The van der Waals surface area contributed by atoms with Crippen molar-refractivity contribution in [3.8, 4) is 33.8 Å². The van der Waals surface area contributed by atoms with Crippen LogP contribution in [0.5, 0.6) is 11.5 Å². The van der Waals surface area contributed by atoms with E-state index in [2.05, 4.69) is 33.5 Å². The topological polar surface area (TPSA) is 322 Å². The molecule has 22 heteroatoms. The average molecular weight is 1230 g/mol. The average Bonchev–Trinajstić information content (AvgIpc) is 2.33. The molecule has 11 N–H and O–H groups in total. The number of phenols is 1. The maximum atomic E-state index is 14.6. The quantitative estimate of drug-likeness (QED) is 0.0384. The number of nitrogens with zero attached hydrogens (tertiary/aromatic N) is 2. The fourth-order valence-electron chi connectivity index (χ4n) is 11.0. The van der Waals surface area contributed by atoms with Crippen molar-refractivity contribution < 1.29 is 56.4 Å². The first-order valence-electron chi connectivity index (χ1n) is 30.5. The number of hydrogen-bond donors (Lipinski definition) is 9. The molecule has 3 aliphatic heterocycles. The Morgan fingerprint density at radius 2 is 1.31 bits per heavy atom. The highest BCUT2D eigenvalue weighted by molar-refractivity contribution is 7.85. The Morgan fingerprint density at radius 3 is 1.91 bits per heavy atom. The number of aromatic hydroxyl groups is 1. The first-order chi connectivity index (χ1) is 42.1. The van der Waals surface area contributed by atoms with Gasteiger partial charge in [0.2, 0.25) is 35.4 Å². The van der Waals surface area contributed by atoms with Crippen LogP contribution in [0.25, 0.3) is 22.3 Å². The molecule has 0 aromatic heterocycles. The van der Waals surface area contributed by atoms with Crippen LogP contribution in [0, 0.1) is 12.8 Å². The van der Waals surface area contributed by atoms with Gasteiger partial charge in [-0.05, 0) is 160 Å². The predicted molar refractivity (Wildman–Crippen MR) is 335 cm³/mol. The van der Waals surface area contributed by atoms with Crippen molar-refractivity contribution in [2.24, 2.45) is 17.4 Å². The monoisotopic (exact) mass is 1230 g/mol. The molecule has 3 heterocycles. The predicted octanol–water partition coefficient (Wildman–Crippen LogP) is 5.95. The Balaban J connectivity index is 0.000000903. The minimum Gasteiger partial charge on any atom is -0.508 e. The molecule has 0 saturated carbocycles. The maximum absolute atomic E-state index is 14.6. The van der Waals surface area contributed by atoms with Gasteiger partial charge in [0.05, 0.1) is 11.5 Å². The van der Waals surface area contributed by atoms with Crippen LogP contribution in [0.2, 0.25) is 0 Å². The molecule has 3 saturated heterocycles. The summed E-state index contributed by atoms with van der Waals surface area (Å²) in [6, 6.07) is 28.7. The molecule has 0 unspecified atom stereocenters. The molecule has 472 valence electrons. The number of ether oxygens (including phenoxy) is 1. The van der Waals surface area contributed by atoms with Gasteiger partial charge >= 0.3 is 0 Å². The molecule has 0 spiro atoms. The minimum absolute atomic E-state index is 0.0574. The van der Waals surface area contributed by atoms with Gasteiger partial charge in [-0.15, -0.1) is 0 Å². The van der Waals surface area contributed by atoms with Crippen molar-refractivity contribution in [2.45, 2.75) is 152 Å². The number of aryl methyl sites for hydroxylation is 2. The van der Waals surface area contributed by atoms with E-state index in [0.717, 1.165) is 58.4 Å². The molecule has 0 bridgehead atoms. The van der Waals surface area contributed by atoms with Crippen LogP contribution in [-0.2, 0) is 45.3 Å². The van der Waals surface area contributed by atoms with Crippen molar-refractivity contribution in [1.29, 1.82) is 0 Å². The van der Waals surface area contributed by atoms with Gasteiger partial charge in [-0.3, -0.25) is 38.1 Å². The Labute approximate surface area is 515 Å². The molecular formula is C66H85N9O12S. The van der Waals surface area contributed by atoms with Crippen molar-refractivity contribution in [3.63, 3.8) is 0 Å². The maximum Gasteiger partial charge on any atom is 0.294 e. The molecule has 5 aromatic rings. The van der Waals surface area contributed by atoms with E-state index >= 15 is 0 Å². The molecule has 7 atom stereocenters. The number of nitrogens with two attached hydrogens (primary N) is 2. The molecule has 8 rings (SSSR count). The number of nitrogens with one attached hydrogen (secondary N) is 5. The molecular weight excluding hydrogens is 1140 g/mol. The zero-order chi connectivity index (χ0) is 63.5. The van der Waals surface area contributed by atoms with E-state index < -0.39 is 99.7 Å². The number of benzene rings is 5. The summed E-state index contributed by atoms with van der Waals surface area (Å²) >= 11 is 0. The molecule has 0 radical (unpaired) electrons. The van der Waals surface area contributed by atoms with Gasteiger partial charge in [0, 0.05) is 31.2 Å². The fraction of sp³-hybridized carbons (Fsp3) is 0.439. The highest BCUT2D eigenvalue weighted by atomic mass is 32.2. The molecule has 3 fully saturated rings. The number of rotatable bonds is 17. The first kappa shape index (κ1) is 67.3. The third kappa shape index (κ3) is 18.9. The van der Waals surface area contributed by atoms with Gasteiger partial charge in [-0.25, -0.2) is 0 Å². The molecule has 88 heavy (non-hydrogen) atoms. The number of carbonyl (C=O) groups excluding carboxylic acids is 7. The molecule has 5 aromatic carbocycles. The van der Waals surface area contributed by atoms with E-state index in [-0.39, 0.29) is 68.9 Å². The third-order valence-electron chi connectivity index (χ3n) is 16.1.